The van der Waals surface area contributed by atoms with Crippen LogP contribution in [0.2, 0.25) is 0 Å². The van der Waals surface area contributed by atoms with Crippen molar-refractivity contribution < 1.29 is 4.79 Å². The molecule has 2 fully saturated rings. The van der Waals surface area contributed by atoms with Gasteiger partial charge in [-0.1, -0.05) is 6.42 Å². The van der Waals surface area contributed by atoms with E-state index >= 15 is 0 Å². The highest BCUT2D eigenvalue weighted by molar-refractivity contribution is 5.77. The molecule has 0 aliphatic heterocycles. The van der Waals surface area contributed by atoms with Gasteiger partial charge in [0.2, 0.25) is 5.91 Å². The minimum absolute atomic E-state index is 0.164. The maximum atomic E-state index is 11.3. The molecule has 2 N–H and O–H groups in total. The Bertz CT molecular complexity index is 197. The summed E-state index contributed by atoms with van der Waals surface area (Å²) in [6, 6.07) is 0. The van der Waals surface area contributed by atoms with Crippen molar-refractivity contribution in [3.8, 4) is 0 Å². The predicted octanol–water partition coefficient (Wildman–Crippen LogP) is 0.902. The molecular formula is C11H20N2O. The van der Waals surface area contributed by atoms with Crippen molar-refractivity contribution in [2.24, 2.45) is 11.8 Å². The summed E-state index contributed by atoms with van der Waals surface area (Å²) in [6.07, 6.45) is 6.64. The second kappa shape index (κ2) is 4.78. The van der Waals surface area contributed by atoms with Crippen molar-refractivity contribution in [2.75, 3.05) is 19.6 Å². The molecule has 3 nitrogen and oxygen atoms in total. The summed E-state index contributed by atoms with van der Waals surface area (Å²) in [6.45, 7) is 2.42. The Hall–Kier alpha value is -0.570. The molecule has 0 bridgehead atoms. The summed E-state index contributed by atoms with van der Waals surface area (Å²) in [5, 5.41) is 6.17. The van der Waals surface area contributed by atoms with E-state index in [1.165, 1.54) is 32.1 Å². The van der Waals surface area contributed by atoms with Crippen LogP contribution in [0.15, 0.2) is 0 Å². The van der Waals surface area contributed by atoms with Crippen molar-refractivity contribution in [3.63, 3.8) is 0 Å². The lowest BCUT2D eigenvalue weighted by Gasteiger charge is -2.25. The summed E-state index contributed by atoms with van der Waals surface area (Å²) >= 11 is 0. The van der Waals surface area contributed by atoms with Gasteiger partial charge in [-0.25, -0.2) is 0 Å². The lowest BCUT2D eigenvalue weighted by molar-refractivity contribution is -0.120. The van der Waals surface area contributed by atoms with Gasteiger partial charge in [-0.3, -0.25) is 4.79 Å². The molecule has 0 aromatic carbocycles. The third-order valence-electron chi connectivity index (χ3n) is 3.23. The van der Waals surface area contributed by atoms with E-state index in [2.05, 4.69) is 10.6 Å². The molecule has 2 saturated carbocycles. The Kier molecular flexibility index (Phi) is 3.40. The van der Waals surface area contributed by atoms with Gasteiger partial charge < -0.3 is 10.6 Å². The van der Waals surface area contributed by atoms with E-state index < -0.39 is 0 Å². The summed E-state index contributed by atoms with van der Waals surface area (Å²) in [4.78, 5) is 11.3. The van der Waals surface area contributed by atoms with Crippen LogP contribution in [0.1, 0.15) is 32.1 Å². The number of hydrogen-bond acceptors (Lipinski definition) is 2. The van der Waals surface area contributed by atoms with Crippen molar-refractivity contribution in [2.45, 2.75) is 32.1 Å². The minimum atomic E-state index is 0.164. The predicted molar refractivity (Wildman–Crippen MR) is 55.9 cm³/mol. The molecule has 0 aromatic heterocycles. The van der Waals surface area contributed by atoms with Crippen LogP contribution in [0.4, 0.5) is 0 Å². The quantitative estimate of drug-likeness (QED) is 0.663. The van der Waals surface area contributed by atoms with Crippen molar-refractivity contribution in [1.82, 2.24) is 10.6 Å². The first-order valence-electron chi connectivity index (χ1n) is 5.82. The van der Waals surface area contributed by atoms with Crippen LogP contribution < -0.4 is 10.6 Å². The number of carbonyl (C=O) groups excluding carboxylic acids is 1. The molecule has 3 heteroatoms. The fraction of sp³-hybridized carbons (Fsp3) is 0.909. The van der Waals surface area contributed by atoms with Gasteiger partial charge >= 0.3 is 0 Å². The molecule has 80 valence electrons. The highest BCUT2D eigenvalue weighted by Crippen LogP contribution is 2.27. The number of amides is 1. The van der Waals surface area contributed by atoms with Crippen LogP contribution in [-0.2, 0) is 4.79 Å². The molecular weight excluding hydrogens is 176 g/mol. The van der Waals surface area contributed by atoms with Gasteiger partial charge in [-0.15, -0.1) is 0 Å². The molecule has 0 heterocycles. The van der Waals surface area contributed by atoms with E-state index in [0.29, 0.717) is 6.54 Å². The van der Waals surface area contributed by atoms with Gasteiger partial charge in [-0.05, 0) is 44.1 Å². The van der Waals surface area contributed by atoms with Crippen LogP contribution in [0.5, 0.6) is 0 Å². The number of rotatable bonds is 6. The smallest absolute Gasteiger partial charge is 0.233 e. The molecule has 2 aliphatic rings. The van der Waals surface area contributed by atoms with E-state index in [-0.39, 0.29) is 5.91 Å². The second-order valence-corrected chi connectivity index (χ2v) is 4.68. The molecule has 2 rings (SSSR count). The van der Waals surface area contributed by atoms with E-state index in [1.54, 1.807) is 0 Å². The zero-order chi connectivity index (χ0) is 9.80. The highest BCUT2D eigenvalue weighted by atomic mass is 16.1. The molecule has 0 radical (unpaired) electrons. The van der Waals surface area contributed by atoms with Gasteiger partial charge in [0.1, 0.15) is 0 Å². The fourth-order valence-electron chi connectivity index (χ4n) is 1.73. The largest absolute Gasteiger partial charge is 0.355 e. The molecule has 0 atom stereocenters. The monoisotopic (exact) mass is 196 g/mol. The molecule has 0 unspecified atom stereocenters. The number of carbonyl (C=O) groups is 1. The first-order valence-corrected chi connectivity index (χ1v) is 5.82. The lowest BCUT2D eigenvalue weighted by Crippen LogP contribution is -2.38. The van der Waals surface area contributed by atoms with Gasteiger partial charge in [-0.2, -0.15) is 0 Å². The lowest BCUT2D eigenvalue weighted by atomic mass is 9.85. The standard InChI is InChI=1S/C11H20N2O/c14-11(8-12-6-10-4-5-10)13-7-9-2-1-3-9/h9-10,12H,1-8H2,(H,13,14). The number of nitrogens with one attached hydrogen (secondary N) is 2. The van der Waals surface area contributed by atoms with Crippen molar-refractivity contribution >= 4 is 5.91 Å². The van der Waals surface area contributed by atoms with Crippen LogP contribution in [-0.4, -0.2) is 25.5 Å². The summed E-state index contributed by atoms with van der Waals surface area (Å²) in [5.74, 6) is 1.79. The van der Waals surface area contributed by atoms with E-state index in [9.17, 15) is 4.79 Å². The van der Waals surface area contributed by atoms with Gasteiger partial charge in [0.15, 0.2) is 0 Å². The molecule has 0 spiro atoms. The summed E-state index contributed by atoms with van der Waals surface area (Å²) in [7, 11) is 0. The third kappa shape index (κ3) is 3.29. The average Bonchev–Trinajstić information content (AvgIpc) is 2.85. The molecule has 0 saturated heterocycles. The Balaban J connectivity index is 1.45. The third-order valence-corrected chi connectivity index (χ3v) is 3.23. The second-order valence-electron chi connectivity index (χ2n) is 4.68. The van der Waals surface area contributed by atoms with Crippen LogP contribution in [0.25, 0.3) is 0 Å². The van der Waals surface area contributed by atoms with Crippen LogP contribution in [0, 0.1) is 11.8 Å². The van der Waals surface area contributed by atoms with Crippen LogP contribution in [0.3, 0.4) is 0 Å². The fourth-order valence-corrected chi connectivity index (χ4v) is 1.73. The van der Waals surface area contributed by atoms with Crippen LogP contribution >= 0.6 is 0 Å². The molecule has 14 heavy (non-hydrogen) atoms. The topological polar surface area (TPSA) is 41.1 Å². The van der Waals surface area contributed by atoms with Crippen molar-refractivity contribution in [3.05, 3.63) is 0 Å². The average molecular weight is 196 g/mol. The Morgan fingerprint density at radius 2 is 1.79 bits per heavy atom. The Morgan fingerprint density at radius 3 is 2.36 bits per heavy atom. The maximum Gasteiger partial charge on any atom is 0.233 e. The molecule has 2 aliphatic carbocycles. The van der Waals surface area contributed by atoms with E-state index in [0.717, 1.165) is 24.9 Å². The first-order chi connectivity index (χ1) is 6.84. The summed E-state index contributed by atoms with van der Waals surface area (Å²) < 4.78 is 0. The van der Waals surface area contributed by atoms with Gasteiger partial charge in [0.05, 0.1) is 6.54 Å². The zero-order valence-corrected chi connectivity index (χ0v) is 8.72. The Labute approximate surface area is 85.6 Å². The normalized spacial score (nSPS) is 21.7. The van der Waals surface area contributed by atoms with E-state index in [1.807, 2.05) is 0 Å². The highest BCUT2D eigenvalue weighted by Gasteiger charge is 2.21. The number of hydrogen-bond donors (Lipinski definition) is 2. The SMILES string of the molecule is O=C(CNCC1CC1)NCC1CCC1. The van der Waals surface area contributed by atoms with E-state index in [4.69, 9.17) is 0 Å². The minimum Gasteiger partial charge on any atom is -0.355 e. The maximum absolute atomic E-state index is 11.3. The molecule has 0 aromatic rings. The summed E-state index contributed by atoms with van der Waals surface area (Å²) in [5.41, 5.74) is 0. The Morgan fingerprint density at radius 1 is 1.07 bits per heavy atom. The van der Waals surface area contributed by atoms with Gasteiger partial charge in [0.25, 0.3) is 0 Å². The van der Waals surface area contributed by atoms with Crippen molar-refractivity contribution in [1.29, 1.82) is 0 Å². The first kappa shape index (κ1) is 9.97. The van der Waals surface area contributed by atoms with Gasteiger partial charge in [0, 0.05) is 6.54 Å². The zero-order valence-electron chi connectivity index (χ0n) is 8.72. The molecule has 1 amide bonds.